The summed E-state index contributed by atoms with van der Waals surface area (Å²) >= 11 is 0. The molecule has 1 rings (SSSR count). The first-order valence-corrected chi connectivity index (χ1v) is 6.69. The minimum absolute atomic E-state index is 0.0716. The number of methoxy groups -OCH3 is 1. The number of amides is 2. The molecule has 2 amide bonds. The fraction of sp³-hybridized carbons (Fsp3) is 0.400. The molecule has 0 aliphatic rings. The lowest BCUT2D eigenvalue weighted by atomic mass is 10.2. The molecule has 0 aliphatic carbocycles. The number of benzene rings is 1. The zero-order chi connectivity index (χ0) is 16.5. The summed E-state index contributed by atoms with van der Waals surface area (Å²) in [7, 11) is 4.31. The van der Waals surface area contributed by atoms with Gasteiger partial charge in [0.25, 0.3) is 0 Å². The Morgan fingerprint density at radius 2 is 1.82 bits per heavy atom. The molecule has 0 saturated carbocycles. The van der Waals surface area contributed by atoms with Gasteiger partial charge in [-0.2, -0.15) is 0 Å². The highest BCUT2D eigenvalue weighted by Crippen LogP contribution is 2.03. The fourth-order valence-corrected chi connectivity index (χ4v) is 1.60. The van der Waals surface area contributed by atoms with Crippen LogP contribution in [0.1, 0.15) is 12.0 Å². The Morgan fingerprint density at radius 1 is 1.18 bits per heavy atom. The lowest BCUT2D eigenvalue weighted by Crippen LogP contribution is -2.44. The summed E-state index contributed by atoms with van der Waals surface area (Å²) in [6, 6.07) is 8.03. The Balaban J connectivity index is 2.55. The molecule has 0 heterocycles. The average molecular weight is 308 g/mol. The molecule has 1 aromatic carbocycles. The molecule has 0 aliphatic heterocycles. The van der Waals surface area contributed by atoms with Crippen molar-refractivity contribution in [3.63, 3.8) is 0 Å². The van der Waals surface area contributed by atoms with E-state index in [0.717, 1.165) is 5.56 Å². The second kappa shape index (κ2) is 8.66. The van der Waals surface area contributed by atoms with E-state index < -0.39 is 18.1 Å². The van der Waals surface area contributed by atoms with Crippen LogP contribution in [-0.4, -0.2) is 50.1 Å². The average Bonchev–Trinajstić information content (AvgIpc) is 2.52. The van der Waals surface area contributed by atoms with Crippen molar-refractivity contribution < 1.29 is 23.9 Å². The standard InChI is InChI=1S/C15H20N2O5/c1-17(2)13(18)9-12(14(19)21-3)16-15(20)22-10-11-7-5-4-6-8-11/h4-8,12H,9-10H2,1-3H3,(H,16,20)/t12-/m0/s1. The van der Waals surface area contributed by atoms with Gasteiger partial charge in [0.15, 0.2) is 0 Å². The summed E-state index contributed by atoms with van der Waals surface area (Å²) in [6.07, 6.45) is -0.981. The minimum atomic E-state index is -1.08. The summed E-state index contributed by atoms with van der Waals surface area (Å²) in [5.74, 6) is -1.01. The van der Waals surface area contributed by atoms with Crippen molar-refractivity contribution in [3.8, 4) is 0 Å². The summed E-state index contributed by atoms with van der Waals surface area (Å²) in [5.41, 5.74) is 0.816. The van der Waals surface area contributed by atoms with Crippen molar-refractivity contribution in [2.24, 2.45) is 0 Å². The van der Waals surface area contributed by atoms with Gasteiger partial charge in [-0.25, -0.2) is 9.59 Å². The van der Waals surface area contributed by atoms with E-state index in [9.17, 15) is 14.4 Å². The molecule has 7 nitrogen and oxygen atoms in total. The molecule has 1 aromatic rings. The predicted octanol–water partition coefficient (Wildman–Crippen LogP) is 0.933. The van der Waals surface area contributed by atoms with E-state index in [4.69, 9.17) is 4.74 Å². The predicted molar refractivity (Wildman–Crippen MR) is 78.9 cm³/mol. The summed E-state index contributed by atoms with van der Waals surface area (Å²) in [4.78, 5) is 36.3. The van der Waals surface area contributed by atoms with E-state index in [1.165, 1.54) is 12.0 Å². The number of hydrogen-bond donors (Lipinski definition) is 1. The number of carbonyl (C=O) groups excluding carboxylic acids is 3. The highest BCUT2D eigenvalue weighted by molar-refractivity contribution is 5.87. The molecular weight excluding hydrogens is 288 g/mol. The maximum atomic E-state index is 11.7. The zero-order valence-corrected chi connectivity index (χ0v) is 12.9. The third-order valence-electron chi connectivity index (χ3n) is 2.87. The number of ether oxygens (including phenoxy) is 2. The van der Waals surface area contributed by atoms with Gasteiger partial charge in [-0.1, -0.05) is 30.3 Å². The van der Waals surface area contributed by atoms with Crippen LogP contribution in [0, 0.1) is 0 Å². The monoisotopic (exact) mass is 308 g/mol. The SMILES string of the molecule is COC(=O)[C@H](CC(=O)N(C)C)NC(=O)OCc1ccccc1. The molecule has 7 heteroatoms. The number of rotatable bonds is 6. The second-order valence-electron chi connectivity index (χ2n) is 4.77. The molecule has 22 heavy (non-hydrogen) atoms. The molecule has 0 radical (unpaired) electrons. The molecule has 0 unspecified atom stereocenters. The van der Waals surface area contributed by atoms with Crippen LogP contribution in [0.2, 0.25) is 0 Å². The van der Waals surface area contributed by atoms with Gasteiger partial charge in [0, 0.05) is 14.1 Å². The molecule has 1 N–H and O–H groups in total. The van der Waals surface area contributed by atoms with Crippen LogP contribution < -0.4 is 5.32 Å². The van der Waals surface area contributed by atoms with Gasteiger partial charge in [0.1, 0.15) is 12.6 Å². The van der Waals surface area contributed by atoms with Crippen LogP contribution in [0.15, 0.2) is 30.3 Å². The molecule has 0 aromatic heterocycles. The fourth-order valence-electron chi connectivity index (χ4n) is 1.60. The molecule has 120 valence electrons. The first-order valence-electron chi connectivity index (χ1n) is 6.69. The highest BCUT2D eigenvalue weighted by Gasteiger charge is 2.25. The van der Waals surface area contributed by atoms with Crippen molar-refractivity contribution in [2.45, 2.75) is 19.1 Å². The van der Waals surface area contributed by atoms with E-state index >= 15 is 0 Å². The molecule has 1 atom stereocenters. The van der Waals surface area contributed by atoms with Crippen LogP contribution in [0.4, 0.5) is 4.79 Å². The largest absolute Gasteiger partial charge is 0.467 e. The van der Waals surface area contributed by atoms with E-state index in [1.54, 1.807) is 26.2 Å². The Bertz CT molecular complexity index is 516. The number of alkyl carbamates (subject to hydrolysis) is 1. The number of carbonyl (C=O) groups is 3. The Labute approximate surface area is 129 Å². The maximum Gasteiger partial charge on any atom is 0.408 e. The van der Waals surface area contributed by atoms with E-state index in [2.05, 4.69) is 10.1 Å². The molecular formula is C15H20N2O5. The number of esters is 1. The summed E-state index contributed by atoms with van der Waals surface area (Å²) in [6.45, 7) is 0.0716. The van der Waals surface area contributed by atoms with Gasteiger partial charge in [-0.15, -0.1) is 0 Å². The van der Waals surface area contributed by atoms with E-state index in [0.29, 0.717) is 0 Å². The lowest BCUT2D eigenvalue weighted by Gasteiger charge is -2.18. The van der Waals surface area contributed by atoms with Gasteiger partial charge in [-0.3, -0.25) is 4.79 Å². The smallest absolute Gasteiger partial charge is 0.408 e. The number of hydrogen-bond acceptors (Lipinski definition) is 5. The molecule has 0 fully saturated rings. The van der Waals surface area contributed by atoms with Gasteiger partial charge >= 0.3 is 12.1 Å². The number of nitrogens with zero attached hydrogens (tertiary/aromatic N) is 1. The van der Waals surface area contributed by atoms with Gasteiger partial charge < -0.3 is 19.7 Å². The molecule has 0 saturated heterocycles. The number of nitrogens with one attached hydrogen (secondary N) is 1. The van der Waals surface area contributed by atoms with Gasteiger partial charge in [-0.05, 0) is 5.56 Å². The van der Waals surface area contributed by atoms with Crippen LogP contribution in [0.25, 0.3) is 0 Å². The first-order chi connectivity index (χ1) is 10.4. The third kappa shape index (κ3) is 5.82. The van der Waals surface area contributed by atoms with Crippen molar-refractivity contribution >= 4 is 18.0 Å². The quantitative estimate of drug-likeness (QED) is 0.790. The van der Waals surface area contributed by atoms with Crippen molar-refractivity contribution in [2.75, 3.05) is 21.2 Å². The maximum absolute atomic E-state index is 11.7. The normalized spacial score (nSPS) is 11.2. The van der Waals surface area contributed by atoms with Crippen molar-refractivity contribution in [1.82, 2.24) is 10.2 Å². The van der Waals surface area contributed by atoms with Gasteiger partial charge in [0.05, 0.1) is 13.5 Å². The summed E-state index contributed by atoms with van der Waals surface area (Å²) in [5, 5.41) is 2.34. The van der Waals surface area contributed by atoms with Crippen molar-refractivity contribution in [3.05, 3.63) is 35.9 Å². The van der Waals surface area contributed by atoms with E-state index in [-0.39, 0.29) is 18.9 Å². The summed E-state index contributed by atoms with van der Waals surface area (Å²) < 4.78 is 9.59. The van der Waals surface area contributed by atoms with Crippen LogP contribution >= 0.6 is 0 Å². The van der Waals surface area contributed by atoms with Crippen LogP contribution in [0.5, 0.6) is 0 Å². The molecule has 0 spiro atoms. The minimum Gasteiger partial charge on any atom is -0.467 e. The zero-order valence-electron chi connectivity index (χ0n) is 12.9. The molecule has 0 bridgehead atoms. The topological polar surface area (TPSA) is 84.9 Å². The van der Waals surface area contributed by atoms with Gasteiger partial charge in [0.2, 0.25) is 5.91 Å². The third-order valence-corrected chi connectivity index (χ3v) is 2.87. The van der Waals surface area contributed by atoms with Crippen LogP contribution in [0.3, 0.4) is 0 Å². The lowest BCUT2D eigenvalue weighted by molar-refractivity contribution is -0.145. The Hall–Kier alpha value is -2.57. The first kappa shape index (κ1) is 17.5. The van der Waals surface area contributed by atoms with E-state index in [1.807, 2.05) is 18.2 Å². The highest BCUT2D eigenvalue weighted by atomic mass is 16.6. The Kier molecular flexibility index (Phi) is 6.88. The van der Waals surface area contributed by atoms with Crippen molar-refractivity contribution in [1.29, 1.82) is 0 Å². The van der Waals surface area contributed by atoms with Crippen LogP contribution in [-0.2, 0) is 25.7 Å². The Morgan fingerprint density at radius 3 is 2.36 bits per heavy atom. The second-order valence-corrected chi connectivity index (χ2v) is 4.77.